The summed E-state index contributed by atoms with van der Waals surface area (Å²) in [5.41, 5.74) is 0. The van der Waals surface area contributed by atoms with Gasteiger partial charge in [0, 0.05) is 37.0 Å². The maximum Gasteiger partial charge on any atom is 0.171 e. The average molecular weight is 473 g/mol. The second-order valence-corrected chi connectivity index (χ2v) is 7.38. The second kappa shape index (κ2) is 7.03. The van der Waals surface area contributed by atoms with Gasteiger partial charge in [0.25, 0.3) is 0 Å². The molecule has 0 aliphatic rings. The fourth-order valence-corrected chi connectivity index (χ4v) is 5.03. The van der Waals surface area contributed by atoms with Crippen molar-refractivity contribution in [1.29, 1.82) is 0 Å². The van der Waals surface area contributed by atoms with E-state index in [9.17, 15) is 4.57 Å². The Balaban J connectivity index is 0.00000161. The van der Waals surface area contributed by atoms with Crippen LogP contribution in [0.3, 0.4) is 0 Å². The molecular weight excluding hydrogens is 458 g/mol. The fourth-order valence-electron chi connectivity index (χ4n) is 2.36. The van der Waals surface area contributed by atoms with Crippen LogP contribution in [0.15, 0.2) is 91.0 Å². The molecule has 0 unspecified atom stereocenters. The van der Waals surface area contributed by atoms with E-state index >= 15 is 0 Å². The molecule has 3 rings (SSSR count). The first-order valence-electron chi connectivity index (χ1n) is 6.59. The van der Waals surface area contributed by atoms with Crippen molar-refractivity contribution in [2.45, 2.75) is 0 Å². The number of rotatable bonds is 3. The third-order valence-corrected chi connectivity index (χ3v) is 6.44. The molecule has 0 aliphatic heterocycles. The monoisotopic (exact) mass is 473 g/mol. The molecule has 0 saturated carbocycles. The van der Waals surface area contributed by atoms with Crippen molar-refractivity contribution in [3.8, 4) is 0 Å². The predicted octanol–water partition coefficient (Wildman–Crippen LogP) is 3.32. The van der Waals surface area contributed by atoms with Crippen LogP contribution >= 0.6 is 7.14 Å². The molecule has 108 valence electrons. The van der Waals surface area contributed by atoms with E-state index in [1.807, 2.05) is 91.0 Å². The standard InChI is InChI=1S/C18H15OP.Pt/c19-20(16-10-4-1-5-11-16,17-12-6-2-7-13-17)18-14-8-3-9-15-18;/h1-15H;. The van der Waals surface area contributed by atoms with Crippen LogP contribution in [0, 0.1) is 0 Å². The molecule has 0 aliphatic carbocycles. The normalized spacial score (nSPS) is 10.7. The van der Waals surface area contributed by atoms with Gasteiger partial charge in [-0.2, -0.15) is 0 Å². The first kappa shape index (κ1) is 16.0. The Morgan fingerprint density at radius 2 is 0.714 bits per heavy atom. The maximum absolute atomic E-state index is 13.8. The Kier molecular flexibility index (Phi) is 5.34. The fraction of sp³-hybridized carbons (Fsp3) is 0. The third kappa shape index (κ3) is 3.10. The Morgan fingerprint density at radius 1 is 0.476 bits per heavy atom. The molecule has 3 aromatic carbocycles. The summed E-state index contributed by atoms with van der Waals surface area (Å²) in [5.74, 6) is 0. The first-order chi connectivity index (χ1) is 9.82. The van der Waals surface area contributed by atoms with Gasteiger partial charge >= 0.3 is 0 Å². The van der Waals surface area contributed by atoms with Gasteiger partial charge in [0.15, 0.2) is 7.14 Å². The smallest absolute Gasteiger partial charge is 0.171 e. The molecule has 0 saturated heterocycles. The van der Waals surface area contributed by atoms with E-state index < -0.39 is 7.14 Å². The van der Waals surface area contributed by atoms with Gasteiger partial charge in [-0.05, 0) is 0 Å². The molecule has 3 aromatic rings. The molecule has 0 amide bonds. The molecule has 3 heteroatoms. The quantitative estimate of drug-likeness (QED) is 0.534. The molecule has 0 spiro atoms. The van der Waals surface area contributed by atoms with Crippen LogP contribution in [0.5, 0.6) is 0 Å². The van der Waals surface area contributed by atoms with E-state index in [2.05, 4.69) is 0 Å². The summed E-state index contributed by atoms with van der Waals surface area (Å²) in [7, 11) is -2.78. The van der Waals surface area contributed by atoms with Gasteiger partial charge in [0.2, 0.25) is 0 Å². The minimum Gasteiger partial charge on any atom is -0.309 e. The van der Waals surface area contributed by atoms with Gasteiger partial charge in [-0.25, -0.2) is 0 Å². The molecular formula is C18H15OPPt. The maximum atomic E-state index is 13.8. The Morgan fingerprint density at radius 3 is 0.952 bits per heavy atom. The molecule has 0 aromatic heterocycles. The van der Waals surface area contributed by atoms with Crippen molar-refractivity contribution < 1.29 is 25.6 Å². The van der Waals surface area contributed by atoms with E-state index in [0.717, 1.165) is 15.9 Å². The minimum atomic E-state index is -2.78. The van der Waals surface area contributed by atoms with Crippen molar-refractivity contribution in [3.63, 3.8) is 0 Å². The van der Waals surface area contributed by atoms with E-state index in [-0.39, 0.29) is 21.1 Å². The zero-order chi connectivity index (χ0) is 13.8. The zero-order valence-corrected chi connectivity index (χ0v) is 14.5. The SMILES string of the molecule is O=P(c1ccccc1)(c1ccccc1)c1ccccc1.[Pt]. The molecule has 0 fully saturated rings. The number of benzene rings is 3. The van der Waals surface area contributed by atoms with Crippen molar-refractivity contribution >= 4 is 23.1 Å². The van der Waals surface area contributed by atoms with Crippen molar-refractivity contribution in [2.75, 3.05) is 0 Å². The van der Waals surface area contributed by atoms with Gasteiger partial charge in [0.05, 0.1) is 0 Å². The van der Waals surface area contributed by atoms with Crippen LogP contribution in [-0.2, 0) is 25.6 Å². The average Bonchev–Trinajstić information content (AvgIpc) is 2.56. The van der Waals surface area contributed by atoms with Crippen LogP contribution in [0.25, 0.3) is 0 Å². The van der Waals surface area contributed by atoms with Crippen LogP contribution in [-0.4, -0.2) is 0 Å². The van der Waals surface area contributed by atoms with Gasteiger partial charge in [-0.3, -0.25) is 0 Å². The molecule has 0 bridgehead atoms. The molecule has 0 heterocycles. The van der Waals surface area contributed by atoms with Crippen LogP contribution < -0.4 is 15.9 Å². The van der Waals surface area contributed by atoms with Gasteiger partial charge in [-0.1, -0.05) is 91.0 Å². The van der Waals surface area contributed by atoms with Crippen molar-refractivity contribution in [3.05, 3.63) is 91.0 Å². The molecule has 0 atom stereocenters. The third-order valence-electron chi connectivity index (χ3n) is 3.36. The summed E-state index contributed by atoms with van der Waals surface area (Å²) in [5, 5.41) is 2.62. The molecule has 0 N–H and O–H groups in total. The second-order valence-electron chi connectivity index (χ2n) is 4.62. The summed E-state index contributed by atoms with van der Waals surface area (Å²) in [6.07, 6.45) is 0. The van der Waals surface area contributed by atoms with E-state index in [4.69, 9.17) is 0 Å². The molecule has 0 radical (unpaired) electrons. The van der Waals surface area contributed by atoms with Crippen molar-refractivity contribution in [2.24, 2.45) is 0 Å². The Bertz CT molecular complexity index is 624. The van der Waals surface area contributed by atoms with Gasteiger partial charge in [-0.15, -0.1) is 0 Å². The first-order valence-corrected chi connectivity index (χ1v) is 8.29. The number of hydrogen-bond donors (Lipinski definition) is 0. The number of hydrogen-bond acceptors (Lipinski definition) is 1. The summed E-state index contributed by atoms with van der Waals surface area (Å²) < 4.78 is 13.8. The Hall–Kier alpha value is -1.42. The van der Waals surface area contributed by atoms with Gasteiger partial charge < -0.3 is 4.57 Å². The van der Waals surface area contributed by atoms with E-state index in [1.165, 1.54) is 0 Å². The summed E-state index contributed by atoms with van der Waals surface area (Å²) in [6.45, 7) is 0. The summed E-state index contributed by atoms with van der Waals surface area (Å²) in [4.78, 5) is 0. The molecule has 1 nitrogen and oxygen atoms in total. The van der Waals surface area contributed by atoms with Crippen LogP contribution in [0.1, 0.15) is 0 Å². The van der Waals surface area contributed by atoms with E-state index in [0.29, 0.717) is 0 Å². The zero-order valence-electron chi connectivity index (χ0n) is 11.3. The summed E-state index contributed by atoms with van der Waals surface area (Å²) >= 11 is 0. The largest absolute Gasteiger partial charge is 0.309 e. The topological polar surface area (TPSA) is 17.1 Å². The van der Waals surface area contributed by atoms with E-state index in [1.54, 1.807) is 0 Å². The molecule has 21 heavy (non-hydrogen) atoms. The Labute approximate surface area is 139 Å². The van der Waals surface area contributed by atoms with Crippen LogP contribution in [0.2, 0.25) is 0 Å². The summed E-state index contributed by atoms with van der Waals surface area (Å²) in [6, 6.07) is 29.1. The minimum absolute atomic E-state index is 0. The van der Waals surface area contributed by atoms with Gasteiger partial charge in [0.1, 0.15) is 0 Å². The predicted molar refractivity (Wildman–Crippen MR) is 85.8 cm³/mol. The van der Waals surface area contributed by atoms with Crippen LogP contribution in [0.4, 0.5) is 0 Å². The van der Waals surface area contributed by atoms with Crippen molar-refractivity contribution in [1.82, 2.24) is 0 Å².